The van der Waals surface area contributed by atoms with Crippen molar-refractivity contribution in [3.05, 3.63) is 63.3 Å². The second-order valence-corrected chi connectivity index (χ2v) is 7.98. The Labute approximate surface area is 177 Å². The number of carbonyl (C=O) groups excluding carboxylic acids is 1. The molecule has 10 heteroatoms. The van der Waals surface area contributed by atoms with E-state index in [1.165, 1.54) is 24.3 Å². The molecule has 3 heterocycles. The number of benzene rings is 1. The van der Waals surface area contributed by atoms with Crippen LogP contribution in [0.1, 0.15) is 22.7 Å². The zero-order valence-electron chi connectivity index (χ0n) is 16.3. The first kappa shape index (κ1) is 20.2. The molecule has 30 heavy (non-hydrogen) atoms. The number of nitro benzene ring substituents is 1. The number of hydrogen-bond acceptors (Lipinski definition) is 8. The Hall–Kier alpha value is -3.11. The van der Waals surface area contributed by atoms with E-state index >= 15 is 0 Å². The predicted molar refractivity (Wildman–Crippen MR) is 111 cm³/mol. The van der Waals surface area contributed by atoms with Gasteiger partial charge in [-0.1, -0.05) is 11.2 Å². The first-order chi connectivity index (χ1) is 14.6. The number of carbonyl (C=O) groups is 1. The normalized spacial score (nSPS) is 14.7. The summed E-state index contributed by atoms with van der Waals surface area (Å²) in [6.07, 6.45) is 1.63. The van der Waals surface area contributed by atoms with Gasteiger partial charge in [0.15, 0.2) is 0 Å². The standard InChI is InChI=1S/C20H21N5O4S/c26-20(15-5-7-16(8-6-15)25(27)28)24-12-10-23(11-13-24)9-1-4-18-21-19(22-29-18)17-3-2-14-30-17/h2-3,5-8,14H,1,4,9-13H2. The molecule has 1 aromatic carbocycles. The van der Waals surface area contributed by atoms with E-state index in [-0.39, 0.29) is 11.6 Å². The van der Waals surface area contributed by atoms with Crippen molar-refractivity contribution in [3.8, 4) is 10.7 Å². The highest BCUT2D eigenvalue weighted by atomic mass is 32.1. The highest BCUT2D eigenvalue weighted by Gasteiger charge is 2.22. The number of aromatic nitrogens is 2. The monoisotopic (exact) mass is 427 g/mol. The van der Waals surface area contributed by atoms with E-state index in [2.05, 4.69) is 15.0 Å². The van der Waals surface area contributed by atoms with Crippen LogP contribution in [0, 0.1) is 10.1 Å². The van der Waals surface area contributed by atoms with Gasteiger partial charge in [-0.05, 0) is 36.5 Å². The summed E-state index contributed by atoms with van der Waals surface area (Å²) in [4.78, 5) is 32.4. The summed E-state index contributed by atoms with van der Waals surface area (Å²) in [5.41, 5.74) is 0.465. The van der Waals surface area contributed by atoms with Gasteiger partial charge in [-0.3, -0.25) is 19.8 Å². The number of thiophene rings is 1. The first-order valence-corrected chi connectivity index (χ1v) is 10.6. The summed E-state index contributed by atoms with van der Waals surface area (Å²) in [5.74, 6) is 1.19. The number of hydrogen-bond donors (Lipinski definition) is 0. The lowest BCUT2D eigenvalue weighted by Gasteiger charge is -2.34. The Bertz CT molecular complexity index is 995. The summed E-state index contributed by atoms with van der Waals surface area (Å²) in [7, 11) is 0. The predicted octanol–water partition coefficient (Wildman–Crippen LogP) is 3.10. The van der Waals surface area contributed by atoms with Gasteiger partial charge in [0.2, 0.25) is 11.7 Å². The van der Waals surface area contributed by atoms with Gasteiger partial charge >= 0.3 is 0 Å². The topological polar surface area (TPSA) is 106 Å². The molecule has 1 aliphatic rings. The van der Waals surface area contributed by atoms with Crippen LogP contribution in [0.2, 0.25) is 0 Å². The largest absolute Gasteiger partial charge is 0.339 e. The average Bonchev–Trinajstić information content (AvgIpc) is 3.46. The number of non-ortho nitro benzene ring substituents is 1. The van der Waals surface area contributed by atoms with Gasteiger partial charge in [0.1, 0.15) is 0 Å². The molecule has 0 unspecified atom stereocenters. The zero-order valence-corrected chi connectivity index (χ0v) is 17.1. The van der Waals surface area contributed by atoms with Gasteiger partial charge in [-0.25, -0.2) is 0 Å². The van der Waals surface area contributed by atoms with Crippen LogP contribution >= 0.6 is 11.3 Å². The smallest absolute Gasteiger partial charge is 0.269 e. The molecule has 0 bridgehead atoms. The summed E-state index contributed by atoms with van der Waals surface area (Å²) in [6.45, 7) is 3.76. The first-order valence-electron chi connectivity index (χ1n) is 9.73. The number of nitrogens with zero attached hydrogens (tertiary/aromatic N) is 5. The number of amides is 1. The Balaban J connectivity index is 1.21. The third-order valence-corrected chi connectivity index (χ3v) is 5.93. The average molecular weight is 427 g/mol. The fraction of sp³-hybridized carbons (Fsp3) is 0.350. The van der Waals surface area contributed by atoms with Crippen molar-refractivity contribution in [2.24, 2.45) is 0 Å². The van der Waals surface area contributed by atoms with Gasteiger partial charge in [-0.15, -0.1) is 11.3 Å². The van der Waals surface area contributed by atoms with Crippen molar-refractivity contribution < 1.29 is 14.2 Å². The van der Waals surface area contributed by atoms with Crippen LogP contribution in [0.4, 0.5) is 5.69 Å². The zero-order chi connectivity index (χ0) is 20.9. The molecule has 0 aliphatic carbocycles. The van der Waals surface area contributed by atoms with Crippen LogP contribution in [0.15, 0.2) is 46.3 Å². The fourth-order valence-electron chi connectivity index (χ4n) is 3.40. The van der Waals surface area contributed by atoms with Crippen LogP contribution < -0.4 is 0 Å². The minimum absolute atomic E-state index is 0.0138. The van der Waals surface area contributed by atoms with Crippen molar-refractivity contribution in [1.29, 1.82) is 0 Å². The van der Waals surface area contributed by atoms with Gasteiger partial charge in [0, 0.05) is 50.3 Å². The molecular formula is C20H21N5O4S. The highest BCUT2D eigenvalue weighted by molar-refractivity contribution is 7.13. The summed E-state index contributed by atoms with van der Waals surface area (Å²) < 4.78 is 5.33. The number of nitro groups is 1. The molecule has 4 rings (SSSR count). The summed E-state index contributed by atoms with van der Waals surface area (Å²) in [5, 5.41) is 16.8. The lowest BCUT2D eigenvalue weighted by atomic mass is 10.1. The van der Waals surface area contributed by atoms with Crippen molar-refractivity contribution in [1.82, 2.24) is 19.9 Å². The molecule has 1 amide bonds. The molecule has 156 valence electrons. The van der Waals surface area contributed by atoms with Crippen molar-refractivity contribution >= 4 is 22.9 Å². The fourth-order valence-corrected chi connectivity index (χ4v) is 4.05. The molecular weight excluding hydrogens is 406 g/mol. The van der Waals surface area contributed by atoms with Gasteiger partial charge < -0.3 is 9.42 Å². The highest BCUT2D eigenvalue weighted by Crippen LogP contribution is 2.21. The van der Waals surface area contributed by atoms with Gasteiger partial charge in [-0.2, -0.15) is 4.98 Å². The van der Waals surface area contributed by atoms with Crippen molar-refractivity contribution in [2.45, 2.75) is 12.8 Å². The SMILES string of the molecule is O=C(c1ccc([N+](=O)[O-])cc1)N1CCN(CCCc2nc(-c3cccs3)no2)CC1. The maximum absolute atomic E-state index is 12.6. The molecule has 0 radical (unpaired) electrons. The van der Waals surface area contributed by atoms with E-state index in [1.807, 2.05) is 17.5 Å². The second kappa shape index (κ2) is 9.14. The van der Waals surface area contributed by atoms with Crippen LogP contribution in [-0.4, -0.2) is 63.5 Å². The third-order valence-electron chi connectivity index (χ3n) is 5.06. The maximum atomic E-state index is 12.6. The lowest BCUT2D eigenvalue weighted by molar-refractivity contribution is -0.384. The molecule has 1 aliphatic heterocycles. The summed E-state index contributed by atoms with van der Waals surface area (Å²) >= 11 is 1.58. The summed E-state index contributed by atoms with van der Waals surface area (Å²) in [6, 6.07) is 9.69. The van der Waals surface area contributed by atoms with E-state index in [0.29, 0.717) is 30.4 Å². The number of piperazine rings is 1. The van der Waals surface area contributed by atoms with Crippen LogP contribution in [0.25, 0.3) is 10.7 Å². The molecule has 9 nitrogen and oxygen atoms in total. The molecule has 0 saturated carbocycles. The van der Waals surface area contributed by atoms with Crippen LogP contribution in [0.3, 0.4) is 0 Å². The van der Waals surface area contributed by atoms with E-state index in [1.54, 1.807) is 16.2 Å². The third kappa shape index (κ3) is 4.71. The van der Waals surface area contributed by atoms with Crippen molar-refractivity contribution in [3.63, 3.8) is 0 Å². The van der Waals surface area contributed by atoms with E-state index < -0.39 is 4.92 Å². The molecule has 3 aromatic rings. The van der Waals surface area contributed by atoms with Gasteiger partial charge in [0.25, 0.3) is 11.6 Å². The van der Waals surface area contributed by atoms with E-state index in [0.717, 1.165) is 37.4 Å². The van der Waals surface area contributed by atoms with Gasteiger partial charge in [0.05, 0.1) is 9.80 Å². The minimum atomic E-state index is -0.468. The Morgan fingerprint density at radius 3 is 2.60 bits per heavy atom. The quantitative estimate of drug-likeness (QED) is 0.421. The molecule has 1 saturated heterocycles. The van der Waals surface area contributed by atoms with E-state index in [9.17, 15) is 14.9 Å². The molecule has 0 N–H and O–H groups in total. The van der Waals surface area contributed by atoms with Crippen molar-refractivity contribution in [2.75, 3.05) is 32.7 Å². The van der Waals surface area contributed by atoms with Crippen LogP contribution in [0.5, 0.6) is 0 Å². The molecule has 0 spiro atoms. The number of rotatable bonds is 7. The minimum Gasteiger partial charge on any atom is -0.339 e. The Morgan fingerprint density at radius 2 is 1.93 bits per heavy atom. The Kier molecular flexibility index (Phi) is 6.15. The molecule has 1 fully saturated rings. The molecule has 0 atom stereocenters. The second-order valence-electron chi connectivity index (χ2n) is 7.03. The lowest BCUT2D eigenvalue weighted by Crippen LogP contribution is -2.48. The molecule has 2 aromatic heterocycles. The Morgan fingerprint density at radius 1 is 1.17 bits per heavy atom. The van der Waals surface area contributed by atoms with Crippen LogP contribution in [-0.2, 0) is 6.42 Å². The number of aryl methyl sites for hydroxylation is 1. The van der Waals surface area contributed by atoms with E-state index in [4.69, 9.17) is 4.52 Å². The maximum Gasteiger partial charge on any atom is 0.269 e.